The summed E-state index contributed by atoms with van der Waals surface area (Å²) < 4.78 is 0. The van der Waals surface area contributed by atoms with Gasteiger partial charge in [-0.05, 0) is 24.8 Å². The van der Waals surface area contributed by atoms with Gasteiger partial charge >= 0.3 is 0 Å². The van der Waals surface area contributed by atoms with Gasteiger partial charge in [0.1, 0.15) is 5.78 Å². The quantitative estimate of drug-likeness (QED) is 0.796. The van der Waals surface area contributed by atoms with Crippen LogP contribution in [0.2, 0.25) is 0 Å². The molecule has 2 rings (SSSR count). The molecule has 0 unspecified atom stereocenters. The van der Waals surface area contributed by atoms with E-state index in [9.17, 15) is 9.59 Å². The average Bonchev–Trinajstić information content (AvgIpc) is 2.45. The number of Topliss-reactive ketones (excluding diaryl/α,β-unsaturated/α-hetero) is 1. The van der Waals surface area contributed by atoms with Crippen molar-refractivity contribution in [3.05, 3.63) is 35.9 Å². The van der Waals surface area contributed by atoms with E-state index in [1.54, 1.807) is 0 Å². The van der Waals surface area contributed by atoms with Crippen molar-refractivity contribution in [2.75, 3.05) is 0 Å². The smallest absolute Gasteiger partial charge is 0.202 e. The fraction of sp³-hybridized carbons (Fsp3) is 0.500. The molecule has 0 saturated heterocycles. The summed E-state index contributed by atoms with van der Waals surface area (Å²) in [5.41, 5.74) is 1.19. The van der Waals surface area contributed by atoms with Gasteiger partial charge in [-0.1, -0.05) is 43.2 Å². The number of carbonyl (C=O) groups is 1. The minimum atomic E-state index is -0.151. The van der Waals surface area contributed by atoms with Crippen molar-refractivity contribution in [2.45, 2.75) is 38.5 Å². The molecule has 1 fully saturated rings. The second-order valence-electron chi connectivity index (χ2n) is 5.07. The Morgan fingerprint density at radius 3 is 2.61 bits per heavy atom. The van der Waals surface area contributed by atoms with Crippen LogP contribution in [-0.2, 0) is 16.0 Å². The molecule has 0 aliphatic heterocycles. The van der Waals surface area contributed by atoms with Crippen LogP contribution in [0.3, 0.4) is 0 Å². The second-order valence-corrected chi connectivity index (χ2v) is 5.07. The molecule has 1 aromatic carbocycles. The summed E-state index contributed by atoms with van der Waals surface area (Å²) in [7, 11) is 0. The lowest BCUT2D eigenvalue weighted by atomic mass is 9.76. The van der Waals surface area contributed by atoms with E-state index in [4.69, 9.17) is 0 Å². The monoisotopic (exact) mass is 243 g/mol. The van der Waals surface area contributed by atoms with Crippen molar-refractivity contribution in [1.82, 2.24) is 0 Å². The maximum absolute atomic E-state index is 12.2. The molecule has 18 heavy (non-hydrogen) atoms. The third kappa shape index (κ3) is 3.28. The highest BCUT2D eigenvalue weighted by Gasteiger charge is 2.30. The summed E-state index contributed by atoms with van der Waals surface area (Å²) in [6.07, 6.45) is 7.22. The Kier molecular flexibility index (Phi) is 4.68. The summed E-state index contributed by atoms with van der Waals surface area (Å²) >= 11 is 0. The first-order chi connectivity index (χ1) is 8.81. The average molecular weight is 243 g/mol. The van der Waals surface area contributed by atoms with Gasteiger partial charge in [0, 0.05) is 18.3 Å². The Bertz CT molecular complexity index is 397. The molecule has 0 spiro atoms. The molecule has 2 heteroatoms. The molecule has 0 N–H and O–H groups in total. The minimum Gasteiger partial charge on any atom is -0.299 e. The lowest BCUT2D eigenvalue weighted by Crippen LogP contribution is -2.28. The lowest BCUT2D eigenvalue weighted by molar-refractivity contribution is -0.124. The molecule has 0 aromatic heterocycles. The first-order valence-corrected chi connectivity index (χ1v) is 6.75. The number of carbonyl (C=O) groups excluding carboxylic acids is 2. The van der Waals surface area contributed by atoms with E-state index in [-0.39, 0.29) is 17.6 Å². The maximum Gasteiger partial charge on any atom is 0.202 e. The van der Waals surface area contributed by atoms with Gasteiger partial charge in [-0.2, -0.15) is 0 Å². The van der Waals surface area contributed by atoms with Crippen molar-refractivity contribution in [3.8, 4) is 0 Å². The van der Waals surface area contributed by atoms with E-state index in [0.717, 1.165) is 32.1 Å². The third-order valence-electron chi connectivity index (χ3n) is 3.83. The zero-order valence-electron chi connectivity index (χ0n) is 10.6. The highest BCUT2D eigenvalue weighted by Crippen LogP contribution is 2.30. The molecule has 2 atom stereocenters. The van der Waals surface area contributed by atoms with E-state index in [0.29, 0.717) is 6.42 Å². The fourth-order valence-electron chi connectivity index (χ4n) is 2.75. The topological polar surface area (TPSA) is 34.1 Å². The van der Waals surface area contributed by atoms with Gasteiger partial charge in [0.05, 0.1) is 0 Å². The van der Waals surface area contributed by atoms with Gasteiger partial charge in [0.15, 0.2) is 0 Å². The summed E-state index contributed by atoms with van der Waals surface area (Å²) in [4.78, 5) is 23.0. The number of benzene rings is 1. The molecule has 1 aromatic rings. The summed E-state index contributed by atoms with van der Waals surface area (Å²) in [6.45, 7) is 0. The van der Waals surface area contributed by atoms with Crippen molar-refractivity contribution in [1.29, 1.82) is 0 Å². The predicted molar refractivity (Wildman–Crippen MR) is 70.9 cm³/mol. The lowest BCUT2D eigenvalue weighted by Gasteiger charge is -2.25. The third-order valence-corrected chi connectivity index (χ3v) is 3.83. The van der Waals surface area contributed by atoms with Crippen molar-refractivity contribution in [2.24, 2.45) is 11.8 Å². The maximum atomic E-state index is 12.2. The molecule has 1 aliphatic carbocycles. The van der Waals surface area contributed by atoms with E-state index in [1.165, 1.54) is 5.56 Å². The number of ketones is 1. The Labute approximate surface area is 108 Å². The van der Waals surface area contributed by atoms with Crippen molar-refractivity contribution in [3.63, 3.8) is 0 Å². The number of hydrogen-bond donors (Lipinski definition) is 0. The van der Waals surface area contributed by atoms with Gasteiger partial charge in [-0.3, -0.25) is 9.59 Å². The van der Waals surface area contributed by atoms with Crippen LogP contribution in [0.25, 0.3) is 0 Å². The van der Waals surface area contributed by atoms with Crippen LogP contribution in [0.4, 0.5) is 0 Å². The predicted octanol–water partition coefficient (Wildman–Crippen LogP) is 3.10. The Morgan fingerprint density at radius 2 is 1.89 bits per heavy atom. The molecule has 1 radical (unpaired) electrons. The van der Waals surface area contributed by atoms with Gasteiger partial charge in [0.25, 0.3) is 0 Å². The fourth-order valence-corrected chi connectivity index (χ4v) is 2.75. The molecular formula is C16H19O2. The summed E-state index contributed by atoms with van der Waals surface area (Å²) in [6, 6.07) is 10.0. The number of rotatable bonds is 5. The molecule has 0 amide bonds. The van der Waals surface area contributed by atoms with E-state index < -0.39 is 0 Å². The Balaban J connectivity index is 1.89. The van der Waals surface area contributed by atoms with Crippen LogP contribution in [0.5, 0.6) is 0 Å². The zero-order chi connectivity index (χ0) is 12.8. The van der Waals surface area contributed by atoms with E-state index in [1.807, 2.05) is 30.3 Å². The van der Waals surface area contributed by atoms with Crippen LogP contribution in [-0.4, -0.2) is 12.1 Å². The molecule has 0 bridgehead atoms. The van der Waals surface area contributed by atoms with Gasteiger partial charge < -0.3 is 0 Å². The molecule has 1 aliphatic rings. The van der Waals surface area contributed by atoms with E-state index in [2.05, 4.69) is 6.29 Å². The molecular weight excluding hydrogens is 224 g/mol. The standard InChI is InChI=1S/C16H19O2/c17-12-14-8-4-5-9-15(14)16(18)11-10-13-6-2-1-3-7-13/h1-3,6-7,14-15H,4-5,8-11H2/t14-,15-/m0/s1. The van der Waals surface area contributed by atoms with Crippen LogP contribution in [0.1, 0.15) is 37.7 Å². The highest BCUT2D eigenvalue weighted by atomic mass is 16.1. The number of aryl methyl sites for hydroxylation is 1. The molecule has 2 nitrogen and oxygen atoms in total. The van der Waals surface area contributed by atoms with Crippen LogP contribution >= 0.6 is 0 Å². The minimum absolute atomic E-state index is 0.0695. The molecule has 1 saturated carbocycles. The van der Waals surface area contributed by atoms with Crippen LogP contribution in [0, 0.1) is 11.8 Å². The van der Waals surface area contributed by atoms with E-state index >= 15 is 0 Å². The van der Waals surface area contributed by atoms with Gasteiger partial charge in [-0.15, -0.1) is 0 Å². The Hall–Kier alpha value is -1.44. The second kappa shape index (κ2) is 6.48. The Morgan fingerprint density at radius 1 is 1.17 bits per heavy atom. The molecule has 95 valence electrons. The number of hydrogen-bond acceptors (Lipinski definition) is 2. The van der Waals surface area contributed by atoms with Crippen LogP contribution < -0.4 is 0 Å². The van der Waals surface area contributed by atoms with Gasteiger partial charge in [-0.25, -0.2) is 0 Å². The largest absolute Gasteiger partial charge is 0.299 e. The summed E-state index contributed by atoms with van der Waals surface area (Å²) in [5.74, 6) is 0.0221. The SMILES string of the molecule is O=[C][C@@H]1CCCC[C@@H]1C(=O)CCc1ccccc1. The highest BCUT2D eigenvalue weighted by molar-refractivity contribution is 5.84. The van der Waals surface area contributed by atoms with Gasteiger partial charge in [0.2, 0.25) is 6.29 Å². The zero-order valence-corrected chi connectivity index (χ0v) is 10.6. The summed E-state index contributed by atoms with van der Waals surface area (Å²) in [5, 5.41) is 0. The first-order valence-electron chi connectivity index (χ1n) is 6.75. The van der Waals surface area contributed by atoms with Crippen molar-refractivity contribution >= 4 is 12.1 Å². The first kappa shape index (κ1) is 13.0. The molecule has 0 heterocycles. The van der Waals surface area contributed by atoms with Crippen LogP contribution in [0.15, 0.2) is 30.3 Å². The van der Waals surface area contributed by atoms with Crippen molar-refractivity contribution < 1.29 is 9.59 Å². The normalized spacial score (nSPS) is 23.6.